The van der Waals surface area contributed by atoms with Crippen LogP contribution >= 0.6 is 0 Å². The van der Waals surface area contributed by atoms with Crippen molar-refractivity contribution < 1.29 is 4.74 Å². The fourth-order valence-corrected chi connectivity index (χ4v) is 9.18. The summed E-state index contributed by atoms with van der Waals surface area (Å²) in [6.07, 6.45) is 18.6. The van der Waals surface area contributed by atoms with Gasteiger partial charge in [-0.3, -0.25) is 0 Å². The summed E-state index contributed by atoms with van der Waals surface area (Å²) in [5, 5.41) is 10.6. The van der Waals surface area contributed by atoms with Gasteiger partial charge in [0.1, 0.15) is 0 Å². The van der Waals surface area contributed by atoms with E-state index in [1.165, 1.54) is 158 Å². The molecule has 0 amide bonds. The quantitative estimate of drug-likeness (QED) is 0.0554. The van der Waals surface area contributed by atoms with Crippen molar-refractivity contribution in [3.8, 4) is 22.3 Å². The van der Waals surface area contributed by atoms with Crippen LogP contribution in [0, 0.1) is 6.92 Å². The van der Waals surface area contributed by atoms with E-state index in [9.17, 15) is 0 Å². The summed E-state index contributed by atoms with van der Waals surface area (Å²) < 4.78 is 6.65. The lowest BCUT2D eigenvalue weighted by atomic mass is 9.83. The maximum atomic E-state index is 6.65. The molecule has 58 heavy (non-hydrogen) atoms. The Morgan fingerprint density at radius 2 is 0.948 bits per heavy atom. The summed E-state index contributed by atoms with van der Waals surface area (Å²) >= 11 is 0. The number of hydrogen-bond donors (Lipinski definition) is 0. The van der Waals surface area contributed by atoms with Crippen LogP contribution in [0.15, 0.2) is 109 Å². The van der Waals surface area contributed by atoms with Crippen molar-refractivity contribution in [2.75, 3.05) is 0 Å². The van der Waals surface area contributed by atoms with Crippen LogP contribution in [-0.2, 0) is 17.6 Å². The molecule has 2 atom stereocenters. The van der Waals surface area contributed by atoms with E-state index in [0.717, 1.165) is 25.7 Å². The van der Waals surface area contributed by atoms with Crippen LogP contribution in [0.1, 0.15) is 146 Å². The maximum absolute atomic E-state index is 6.65. The van der Waals surface area contributed by atoms with Gasteiger partial charge in [0.2, 0.25) is 0 Å². The zero-order valence-corrected chi connectivity index (χ0v) is 36.6. The van der Waals surface area contributed by atoms with Crippen molar-refractivity contribution in [2.45, 2.75) is 150 Å². The molecular weight excluding hydrogens is 701 g/mol. The van der Waals surface area contributed by atoms with Crippen molar-refractivity contribution in [3.63, 3.8) is 0 Å². The first-order valence-electron chi connectivity index (χ1n) is 23.1. The summed E-state index contributed by atoms with van der Waals surface area (Å²) in [5.74, 6) is 0. The number of ether oxygens (including phenoxy) is 1. The zero-order valence-electron chi connectivity index (χ0n) is 36.6. The van der Waals surface area contributed by atoms with Gasteiger partial charge in [-0.1, -0.05) is 182 Å². The Labute approximate surface area is 350 Å². The molecule has 0 saturated carbocycles. The van der Waals surface area contributed by atoms with Gasteiger partial charge < -0.3 is 4.74 Å². The second kappa shape index (κ2) is 20.0. The molecule has 0 fully saturated rings. The van der Waals surface area contributed by atoms with Crippen LogP contribution in [0.5, 0.6) is 0 Å². The minimum Gasteiger partial charge on any atom is -0.371 e. The number of benzene rings is 7. The average Bonchev–Trinajstić information content (AvgIpc) is 3.25. The van der Waals surface area contributed by atoms with E-state index in [4.69, 9.17) is 4.74 Å². The lowest BCUT2D eigenvalue weighted by molar-refractivity contribution is -0.0109. The number of aryl methyl sites for hydroxylation is 3. The predicted octanol–water partition coefficient (Wildman–Crippen LogP) is 17.6. The third-order valence-corrected chi connectivity index (χ3v) is 12.7. The van der Waals surface area contributed by atoms with Gasteiger partial charge in [-0.2, -0.15) is 0 Å². The van der Waals surface area contributed by atoms with E-state index in [1.54, 1.807) is 0 Å². The first-order valence-corrected chi connectivity index (χ1v) is 23.1. The van der Waals surface area contributed by atoms with Crippen LogP contribution in [0.2, 0.25) is 0 Å². The van der Waals surface area contributed by atoms with Crippen molar-refractivity contribution in [1.29, 1.82) is 0 Å². The van der Waals surface area contributed by atoms with E-state index >= 15 is 0 Å². The van der Waals surface area contributed by atoms with Gasteiger partial charge >= 0.3 is 0 Å². The van der Waals surface area contributed by atoms with Crippen LogP contribution in [0.25, 0.3) is 65.3 Å². The normalized spacial score (nSPS) is 12.9. The monoisotopic (exact) mass is 769 g/mol. The van der Waals surface area contributed by atoms with E-state index in [1.807, 2.05) is 0 Å². The fourth-order valence-electron chi connectivity index (χ4n) is 9.18. The first kappa shape index (κ1) is 41.7. The molecule has 0 saturated heterocycles. The molecule has 2 unspecified atom stereocenters. The molecule has 7 rings (SSSR count). The minimum absolute atomic E-state index is 0.136. The predicted molar refractivity (Wildman–Crippen MR) is 255 cm³/mol. The van der Waals surface area contributed by atoms with Crippen molar-refractivity contribution in [1.82, 2.24) is 0 Å². The standard InChI is InChI=1S/C57H68O/c1-7-11-14-17-19-42-24-33-52-53(35-42)56(49-30-27-44-34-40(5)22-25-45(44)38-49)51-32-23-43(20-18-15-12-8-2)36-54(51)57(52)50-31-28-46-37-48(29-26-47(46)39-50)55(21-16-13-9-3)58-41(6)10-4/h22-39,41,55H,7-21H2,1-6H3. The summed E-state index contributed by atoms with van der Waals surface area (Å²) in [4.78, 5) is 0. The van der Waals surface area contributed by atoms with Gasteiger partial charge in [0.05, 0.1) is 12.2 Å². The van der Waals surface area contributed by atoms with E-state index < -0.39 is 0 Å². The van der Waals surface area contributed by atoms with Gasteiger partial charge in [0.15, 0.2) is 0 Å². The Morgan fingerprint density at radius 3 is 1.50 bits per heavy atom. The third-order valence-electron chi connectivity index (χ3n) is 12.7. The Balaban J connectivity index is 1.42. The topological polar surface area (TPSA) is 9.23 Å². The Hall–Kier alpha value is -4.46. The van der Waals surface area contributed by atoms with Crippen LogP contribution in [-0.4, -0.2) is 6.10 Å². The molecule has 1 nitrogen and oxygen atoms in total. The molecule has 302 valence electrons. The molecule has 0 radical (unpaired) electrons. The second-order valence-corrected chi connectivity index (χ2v) is 17.4. The van der Waals surface area contributed by atoms with Crippen molar-refractivity contribution >= 4 is 43.1 Å². The van der Waals surface area contributed by atoms with E-state index in [-0.39, 0.29) is 12.2 Å². The summed E-state index contributed by atoms with van der Waals surface area (Å²) in [6, 6.07) is 43.2. The van der Waals surface area contributed by atoms with Crippen LogP contribution in [0.4, 0.5) is 0 Å². The largest absolute Gasteiger partial charge is 0.371 e. The molecule has 0 N–H and O–H groups in total. The molecule has 7 aromatic carbocycles. The van der Waals surface area contributed by atoms with Crippen LogP contribution < -0.4 is 0 Å². The minimum atomic E-state index is 0.136. The Kier molecular flexibility index (Phi) is 14.4. The number of hydrogen-bond acceptors (Lipinski definition) is 1. The highest BCUT2D eigenvalue weighted by Gasteiger charge is 2.20. The lowest BCUT2D eigenvalue weighted by Crippen LogP contribution is -2.13. The number of fused-ring (bicyclic) bond motifs is 4. The highest BCUT2D eigenvalue weighted by atomic mass is 16.5. The Morgan fingerprint density at radius 1 is 0.448 bits per heavy atom. The van der Waals surface area contributed by atoms with Gasteiger partial charge in [-0.15, -0.1) is 0 Å². The molecule has 0 spiro atoms. The number of unbranched alkanes of at least 4 members (excludes halogenated alkanes) is 8. The highest BCUT2D eigenvalue weighted by molar-refractivity contribution is 6.22. The van der Waals surface area contributed by atoms with Gasteiger partial charge in [-0.05, 0) is 153 Å². The first-order chi connectivity index (χ1) is 28.4. The summed E-state index contributed by atoms with van der Waals surface area (Å²) in [7, 11) is 0. The number of rotatable bonds is 20. The molecule has 0 heterocycles. The summed E-state index contributed by atoms with van der Waals surface area (Å²) in [6.45, 7) is 13.5. The molecule has 7 aromatic rings. The molecular formula is C57H68O. The molecule has 1 heteroatoms. The van der Waals surface area contributed by atoms with Gasteiger partial charge in [0, 0.05) is 0 Å². The average molecular weight is 769 g/mol. The molecule has 0 aliphatic carbocycles. The second-order valence-electron chi connectivity index (χ2n) is 17.4. The highest BCUT2D eigenvalue weighted by Crippen LogP contribution is 2.46. The Bertz CT molecular complexity index is 2450. The zero-order chi connectivity index (χ0) is 40.4. The third kappa shape index (κ3) is 9.69. The van der Waals surface area contributed by atoms with Gasteiger partial charge in [0.25, 0.3) is 0 Å². The van der Waals surface area contributed by atoms with Gasteiger partial charge in [-0.25, -0.2) is 0 Å². The molecule has 0 aliphatic rings. The molecule has 0 bridgehead atoms. The fraction of sp³-hybridized carbons (Fsp3) is 0.404. The van der Waals surface area contributed by atoms with Crippen LogP contribution in [0.3, 0.4) is 0 Å². The van der Waals surface area contributed by atoms with E-state index in [2.05, 4.69) is 151 Å². The summed E-state index contributed by atoms with van der Waals surface area (Å²) in [5.41, 5.74) is 10.8. The molecule has 0 aromatic heterocycles. The lowest BCUT2D eigenvalue weighted by Gasteiger charge is -2.23. The maximum Gasteiger partial charge on any atom is 0.0828 e. The smallest absolute Gasteiger partial charge is 0.0828 e. The van der Waals surface area contributed by atoms with E-state index in [0.29, 0.717) is 0 Å². The van der Waals surface area contributed by atoms with Crippen molar-refractivity contribution in [3.05, 3.63) is 131 Å². The SMILES string of the molecule is CCCCCCc1ccc2c(-c3ccc4cc(C(CCCCC)OC(C)CC)ccc4c3)c3cc(CCCCCC)ccc3c(-c3ccc4cc(C)ccc4c3)c2c1. The van der Waals surface area contributed by atoms with Crippen molar-refractivity contribution in [2.24, 2.45) is 0 Å². The molecule has 0 aliphatic heterocycles.